The van der Waals surface area contributed by atoms with Gasteiger partial charge in [0.15, 0.2) is 6.10 Å². The highest BCUT2D eigenvalue weighted by Gasteiger charge is 2.51. The molecule has 1 saturated carbocycles. The summed E-state index contributed by atoms with van der Waals surface area (Å²) in [4.78, 5) is 28.7. The molecule has 0 aromatic carbocycles. The number of carbonyl (C=O) groups is 2. The number of H-pyrrole nitrogens is 1. The first-order chi connectivity index (χ1) is 18.5. The zero-order valence-corrected chi connectivity index (χ0v) is 23.1. The number of rotatable bonds is 5. The van der Waals surface area contributed by atoms with Crippen molar-refractivity contribution in [3.63, 3.8) is 0 Å². The SMILES string of the molecule is CO[C@H]1CC2C=C[C@@H]([C@H]3C[C@H](O)[C@@H](C)[C@H]3OC(=O)c3ccc[nH]3)C[C@]2(O)/C(C)=C/[C@@H](C)[C@@H](/C(C)=N\O)OC1=O. The van der Waals surface area contributed by atoms with E-state index in [1.807, 2.05) is 39.0 Å². The Hall–Kier alpha value is -2.95. The normalized spacial score (nSPS) is 40.8. The fraction of sp³-hybridized carbons (Fsp3) is 0.621. The standard InChI is InChI=1S/C29H40N2O8/c1-15-11-16(2)29(35)14-19(8-9-20(29)12-24(37-5)28(34)38-25(15)18(4)31-36)21-13-23(32)17(3)26(21)39-27(33)22-7-6-10-30-22/h6-11,15,17,19-21,23-26,30,32,35-36H,12-14H2,1-5H3/b16-11+,31-18-/t15-,17-,19-,20?,21-,23+,24+,25+,26-,29+/m1/s1. The molecule has 39 heavy (non-hydrogen) atoms. The highest BCUT2D eigenvalue weighted by Crippen LogP contribution is 2.48. The number of methoxy groups -OCH3 is 1. The predicted octanol–water partition coefficient (Wildman–Crippen LogP) is 3.24. The second-order valence-electron chi connectivity index (χ2n) is 11.3. The highest BCUT2D eigenvalue weighted by molar-refractivity contribution is 5.89. The zero-order valence-electron chi connectivity index (χ0n) is 23.1. The minimum Gasteiger partial charge on any atom is -0.457 e. The van der Waals surface area contributed by atoms with Crippen LogP contribution < -0.4 is 0 Å². The van der Waals surface area contributed by atoms with Crippen molar-refractivity contribution in [2.24, 2.45) is 34.7 Å². The predicted molar refractivity (Wildman–Crippen MR) is 142 cm³/mol. The van der Waals surface area contributed by atoms with Crippen LogP contribution in [-0.4, -0.2) is 75.2 Å². The van der Waals surface area contributed by atoms with Crippen LogP contribution >= 0.6 is 0 Å². The van der Waals surface area contributed by atoms with Gasteiger partial charge in [0.25, 0.3) is 0 Å². The van der Waals surface area contributed by atoms with Gasteiger partial charge in [-0.1, -0.05) is 37.2 Å². The van der Waals surface area contributed by atoms with Crippen molar-refractivity contribution in [3.8, 4) is 0 Å². The van der Waals surface area contributed by atoms with Crippen molar-refractivity contribution < 1.29 is 39.2 Å². The van der Waals surface area contributed by atoms with Crippen LogP contribution in [-0.2, 0) is 19.0 Å². The number of nitrogens with zero attached hydrogens (tertiary/aromatic N) is 1. The molecule has 3 aliphatic rings. The number of carbonyl (C=O) groups excluding carboxylic acids is 2. The Bertz CT molecular complexity index is 1130. The maximum atomic E-state index is 13.0. The largest absolute Gasteiger partial charge is 0.457 e. The van der Waals surface area contributed by atoms with E-state index >= 15 is 0 Å². The Labute approximate surface area is 228 Å². The number of aliphatic hydroxyl groups excluding tert-OH is 1. The lowest BCUT2D eigenvalue weighted by molar-refractivity contribution is -0.161. The Morgan fingerprint density at radius 1 is 1.26 bits per heavy atom. The number of fused-ring (bicyclic) bond motifs is 1. The Balaban J connectivity index is 1.67. The highest BCUT2D eigenvalue weighted by atomic mass is 16.6. The smallest absolute Gasteiger partial charge is 0.355 e. The van der Waals surface area contributed by atoms with Crippen molar-refractivity contribution in [1.29, 1.82) is 0 Å². The molecule has 10 nitrogen and oxygen atoms in total. The van der Waals surface area contributed by atoms with E-state index in [0.29, 0.717) is 24.1 Å². The first-order valence-electron chi connectivity index (χ1n) is 13.5. The number of cyclic esters (lactones) is 1. The number of aliphatic hydroxyl groups is 2. The van der Waals surface area contributed by atoms with Crippen molar-refractivity contribution in [1.82, 2.24) is 4.98 Å². The average Bonchev–Trinajstić information content (AvgIpc) is 3.55. The average molecular weight is 545 g/mol. The monoisotopic (exact) mass is 544 g/mol. The van der Waals surface area contributed by atoms with Crippen molar-refractivity contribution in [2.45, 2.75) is 77.0 Å². The number of aromatic nitrogens is 1. The van der Waals surface area contributed by atoms with Gasteiger partial charge < -0.3 is 34.6 Å². The van der Waals surface area contributed by atoms with Crippen molar-refractivity contribution in [3.05, 3.63) is 47.8 Å². The molecule has 4 rings (SSSR count). The molecule has 0 amide bonds. The van der Waals surface area contributed by atoms with Gasteiger partial charge in [-0.15, -0.1) is 0 Å². The molecule has 0 spiro atoms. The summed E-state index contributed by atoms with van der Waals surface area (Å²) in [5, 5.41) is 35.7. The van der Waals surface area contributed by atoms with Gasteiger partial charge in [-0.25, -0.2) is 9.59 Å². The Kier molecular flexibility index (Phi) is 8.68. The number of hydrogen-bond donors (Lipinski definition) is 4. The number of hydrogen-bond acceptors (Lipinski definition) is 9. The number of nitrogens with one attached hydrogen (secondary N) is 1. The van der Waals surface area contributed by atoms with E-state index in [-0.39, 0.29) is 29.9 Å². The molecule has 0 radical (unpaired) electrons. The van der Waals surface area contributed by atoms with Crippen molar-refractivity contribution >= 4 is 17.7 Å². The third-order valence-corrected chi connectivity index (χ3v) is 8.92. The summed E-state index contributed by atoms with van der Waals surface area (Å²) >= 11 is 0. The van der Waals surface area contributed by atoms with E-state index in [1.165, 1.54) is 7.11 Å². The number of allylic oxidation sites excluding steroid dienone is 1. The number of esters is 2. The maximum Gasteiger partial charge on any atom is 0.355 e. The summed E-state index contributed by atoms with van der Waals surface area (Å²) in [5.74, 6) is -2.59. The second kappa shape index (κ2) is 11.7. The van der Waals surface area contributed by atoms with Gasteiger partial charge in [0, 0.05) is 37.0 Å². The Morgan fingerprint density at radius 3 is 2.64 bits per heavy atom. The zero-order chi connectivity index (χ0) is 28.5. The molecule has 2 heterocycles. The number of aromatic amines is 1. The molecule has 1 aliphatic heterocycles. The fourth-order valence-corrected chi connectivity index (χ4v) is 6.51. The van der Waals surface area contributed by atoms with Gasteiger partial charge in [0.1, 0.15) is 17.9 Å². The van der Waals surface area contributed by atoms with Crippen LogP contribution in [0.1, 0.15) is 57.4 Å². The minimum atomic E-state index is -1.33. The van der Waals surface area contributed by atoms with Gasteiger partial charge >= 0.3 is 11.9 Å². The first-order valence-corrected chi connectivity index (χ1v) is 13.5. The van der Waals surface area contributed by atoms with Gasteiger partial charge in [0.2, 0.25) is 0 Å². The Morgan fingerprint density at radius 2 is 2.00 bits per heavy atom. The lowest BCUT2D eigenvalue weighted by atomic mass is 9.65. The fourth-order valence-electron chi connectivity index (χ4n) is 6.51. The van der Waals surface area contributed by atoms with Crippen LogP contribution in [0.4, 0.5) is 0 Å². The molecule has 1 aromatic heterocycles. The lowest BCUT2D eigenvalue weighted by Crippen LogP contribution is -2.48. The van der Waals surface area contributed by atoms with Gasteiger partial charge in [-0.3, -0.25) is 0 Å². The molecule has 4 N–H and O–H groups in total. The molecular weight excluding hydrogens is 504 g/mol. The summed E-state index contributed by atoms with van der Waals surface area (Å²) in [5.41, 5.74) is -0.0544. The lowest BCUT2D eigenvalue weighted by Gasteiger charge is -2.45. The molecule has 214 valence electrons. The van der Waals surface area contributed by atoms with Crippen LogP contribution in [0.5, 0.6) is 0 Å². The van der Waals surface area contributed by atoms with E-state index in [4.69, 9.17) is 14.2 Å². The van der Waals surface area contributed by atoms with Crippen LogP contribution in [0.25, 0.3) is 0 Å². The van der Waals surface area contributed by atoms with Crippen LogP contribution in [0, 0.1) is 29.6 Å². The van der Waals surface area contributed by atoms with Crippen LogP contribution in [0.2, 0.25) is 0 Å². The number of oxime groups is 1. The molecule has 10 heteroatoms. The summed E-state index contributed by atoms with van der Waals surface area (Å²) in [7, 11) is 1.42. The van der Waals surface area contributed by atoms with Gasteiger partial charge in [-0.05, 0) is 56.7 Å². The number of ether oxygens (including phenoxy) is 3. The second-order valence-corrected chi connectivity index (χ2v) is 11.3. The molecule has 0 bridgehead atoms. The third kappa shape index (κ3) is 5.69. The van der Waals surface area contributed by atoms with Crippen LogP contribution in [0.15, 0.2) is 47.3 Å². The summed E-state index contributed by atoms with van der Waals surface area (Å²) in [6, 6.07) is 3.36. The van der Waals surface area contributed by atoms with Crippen molar-refractivity contribution in [2.75, 3.05) is 7.11 Å². The van der Waals surface area contributed by atoms with E-state index in [1.54, 1.807) is 25.3 Å². The topological polar surface area (TPSA) is 151 Å². The first kappa shape index (κ1) is 29.0. The molecule has 1 fully saturated rings. The molecule has 1 unspecified atom stereocenters. The van der Waals surface area contributed by atoms with E-state index in [9.17, 15) is 25.0 Å². The van der Waals surface area contributed by atoms with Gasteiger partial charge in [-0.2, -0.15) is 0 Å². The minimum absolute atomic E-state index is 0.186. The molecule has 10 atom stereocenters. The maximum absolute atomic E-state index is 13.0. The van der Waals surface area contributed by atoms with Gasteiger partial charge in [0.05, 0.1) is 17.4 Å². The van der Waals surface area contributed by atoms with E-state index < -0.39 is 53.8 Å². The molecule has 1 aromatic rings. The molecular formula is C29H40N2O8. The van der Waals surface area contributed by atoms with Crippen LogP contribution in [0.3, 0.4) is 0 Å². The summed E-state index contributed by atoms with van der Waals surface area (Å²) in [6.07, 6.45) is 5.42. The van der Waals surface area contributed by atoms with E-state index in [0.717, 1.165) is 0 Å². The summed E-state index contributed by atoms with van der Waals surface area (Å²) < 4.78 is 17.1. The quantitative estimate of drug-likeness (QED) is 0.145. The molecule has 0 saturated heterocycles. The molecule has 2 aliphatic carbocycles. The summed E-state index contributed by atoms with van der Waals surface area (Å²) in [6.45, 7) is 7.13. The van der Waals surface area contributed by atoms with E-state index in [2.05, 4.69) is 10.1 Å². The third-order valence-electron chi connectivity index (χ3n) is 8.92.